The van der Waals surface area contributed by atoms with Gasteiger partial charge in [-0.25, -0.2) is 0 Å². The van der Waals surface area contributed by atoms with E-state index in [0.29, 0.717) is 0 Å². The Bertz CT molecular complexity index is 126. The van der Waals surface area contributed by atoms with Crippen LogP contribution in [0.1, 0.15) is 0 Å². The van der Waals surface area contributed by atoms with Crippen LogP contribution < -0.4 is 24.0 Å². The Labute approximate surface area is 79.3 Å². The van der Waals surface area contributed by atoms with Gasteiger partial charge in [0.2, 0.25) is 0 Å². The summed E-state index contributed by atoms with van der Waals surface area (Å²) in [6.45, 7) is 1.67. The van der Waals surface area contributed by atoms with Crippen LogP contribution in [0.25, 0.3) is 0 Å². The molecule has 4 nitrogen and oxygen atoms in total. The number of hydrogen-bond acceptors (Lipinski definition) is 4. The average molecular weight is 170 g/mol. The van der Waals surface area contributed by atoms with E-state index in [-0.39, 0.29) is 24.9 Å². The fourth-order valence-corrected chi connectivity index (χ4v) is 1.47. The van der Waals surface area contributed by atoms with E-state index in [1.807, 2.05) is 0 Å². The van der Waals surface area contributed by atoms with Crippen LogP contribution in [0.2, 0.25) is 12.6 Å². The Morgan fingerprint density at radius 1 is 1.45 bits per heavy atom. The summed E-state index contributed by atoms with van der Waals surface area (Å²) < 4.78 is 9.79. The van der Waals surface area contributed by atoms with Crippen LogP contribution in [0.4, 0.5) is 0 Å². The maximum absolute atomic E-state index is 10.1. The van der Waals surface area contributed by atoms with Crippen molar-refractivity contribution in [2.75, 3.05) is 14.2 Å². The van der Waals surface area contributed by atoms with E-state index in [1.165, 1.54) is 14.2 Å². The third kappa shape index (κ3) is 5.47. The minimum absolute atomic E-state index is 0. The van der Waals surface area contributed by atoms with E-state index in [9.17, 15) is 9.90 Å². The fourth-order valence-electron chi connectivity index (χ4n) is 0.490. The van der Waals surface area contributed by atoms with Gasteiger partial charge in [-0.3, -0.25) is 0 Å². The SMILES string of the molecule is CO[Si](C)(CC(=O)[O-])OC.[Li+]. The van der Waals surface area contributed by atoms with E-state index in [4.69, 9.17) is 8.85 Å². The number of hydrogen-bond donors (Lipinski definition) is 0. The molecule has 0 N–H and O–H groups in total. The van der Waals surface area contributed by atoms with E-state index < -0.39 is 14.5 Å². The first kappa shape index (κ1) is 13.8. The first-order valence-electron chi connectivity index (χ1n) is 2.84. The average Bonchev–Trinajstić information content (AvgIpc) is 1.87. The second-order valence-corrected chi connectivity index (χ2v) is 5.53. The molecule has 0 heterocycles. The smallest absolute Gasteiger partial charge is 0.550 e. The van der Waals surface area contributed by atoms with Gasteiger partial charge in [0.25, 0.3) is 0 Å². The van der Waals surface area contributed by atoms with E-state index in [1.54, 1.807) is 6.55 Å². The largest absolute Gasteiger partial charge is 1.00 e. The van der Waals surface area contributed by atoms with Crippen molar-refractivity contribution in [2.45, 2.75) is 12.6 Å². The first-order valence-corrected chi connectivity index (χ1v) is 5.36. The van der Waals surface area contributed by atoms with Gasteiger partial charge >= 0.3 is 27.4 Å². The van der Waals surface area contributed by atoms with E-state index in [0.717, 1.165) is 0 Å². The molecule has 0 aliphatic heterocycles. The van der Waals surface area contributed by atoms with Gasteiger partial charge in [0, 0.05) is 26.2 Å². The number of carbonyl (C=O) groups excluding carboxylic acids is 1. The van der Waals surface area contributed by atoms with Gasteiger partial charge in [-0.2, -0.15) is 0 Å². The van der Waals surface area contributed by atoms with Crippen molar-refractivity contribution < 1.29 is 37.6 Å². The van der Waals surface area contributed by atoms with Crippen LogP contribution >= 0.6 is 0 Å². The molecule has 0 saturated heterocycles. The fraction of sp³-hybridized carbons (Fsp3) is 0.800. The molecule has 0 aromatic carbocycles. The molecule has 60 valence electrons. The predicted octanol–water partition coefficient (Wildman–Crippen LogP) is -3.89. The van der Waals surface area contributed by atoms with Gasteiger partial charge in [-0.1, -0.05) is 0 Å². The van der Waals surface area contributed by atoms with Crippen LogP contribution in [0.5, 0.6) is 0 Å². The summed E-state index contributed by atoms with van der Waals surface area (Å²) in [5, 5.41) is 10.1. The molecule has 0 aliphatic rings. The van der Waals surface area contributed by atoms with Crippen LogP contribution in [0, 0.1) is 0 Å². The zero-order chi connectivity index (χ0) is 8.20. The Kier molecular flexibility index (Phi) is 7.27. The van der Waals surface area contributed by atoms with Crippen LogP contribution in [-0.2, 0) is 13.6 Å². The zero-order valence-electron chi connectivity index (χ0n) is 7.34. The normalized spacial score (nSPS) is 10.5. The summed E-state index contributed by atoms with van der Waals surface area (Å²) in [5.41, 5.74) is 0. The van der Waals surface area contributed by atoms with Crippen LogP contribution in [0.3, 0.4) is 0 Å². The van der Waals surface area contributed by atoms with E-state index in [2.05, 4.69) is 0 Å². The molecule has 0 aromatic heterocycles. The summed E-state index contributed by atoms with van der Waals surface area (Å²) in [5.74, 6) is -1.13. The Hall–Kier alpha value is 0.204. The van der Waals surface area contributed by atoms with Crippen molar-refractivity contribution in [1.29, 1.82) is 0 Å². The van der Waals surface area contributed by atoms with Crippen molar-refractivity contribution in [3.63, 3.8) is 0 Å². The van der Waals surface area contributed by atoms with Crippen molar-refractivity contribution >= 4 is 14.5 Å². The van der Waals surface area contributed by atoms with Crippen molar-refractivity contribution in [1.82, 2.24) is 0 Å². The van der Waals surface area contributed by atoms with E-state index >= 15 is 0 Å². The Morgan fingerprint density at radius 2 is 1.82 bits per heavy atom. The first-order chi connectivity index (χ1) is 4.54. The molecule has 0 amide bonds. The summed E-state index contributed by atoms with van der Waals surface area (Å²) in [4.78, 5) is 10.1. The van der Waals surface area contributed by atoms with Gasteiger partial charge in [0.1, 0.15) is 0 Å². The maximum Gasteiger partial charge on any atom is 1.00 e. The monoisotopic (exact) mass is 170 g/mol. The molecule has 0 saturated carbocycles. The molecule has 0 fully saturated rings. The molecule has 0 rings (SSSR count). The Balaban J connectivity index is 0. The number of aliphatic carboxylic acids is 1. The number of carboxylic acids is 1. The minimum Gasteiger partial charge on any atom is -0.550 e. The summed E-state index contributed by atoms with van der Waals surface area (Å²) >= 11 is 0. The van der Waals surface area contributed by atoms with Gasteiger partial charge < -0.3 is 18.8 Å². The summed E-state index contributed by atoms with van der Waals surface area (Å²) in [7, 11) is 0.464. The summed E-state index contributed by atoms with van der Waals surface area (Å²) in [6.07, 6.45) is 0. The van der Waals surface area contributed by atoms with Gasteiger partial charge in [0.15, 0.2) is 0 Å². The molecule has 0 bridgehead atoms. The van der Waals surface area contributed by atoms with Crippen molar-refractivity contribution in [3.8, 4) is 0 Å². The quantitative estimate of drug-likeness (QED) is 0.405. The molecule has 0 spiro atoms. The van der Waals surface area contributed by atoms with Gasteiger partial charge in [-0.15, -0.1) is 0 Å². The summed E-state index contributed by atoms with van der Waals surface area (Å²) in [6, 6.07) is -0.125. The second kappa shape index (κ2) is 5.80. The molecule has 0 radical (unpaired) electrons. The number of rotatable bonds is 4. The molecule has 0 aliphatic carbocycles. The predicted molar refractivity (Wildman–Crippen MR) is 35.4 cm³/mol. The van der Waals surface area contributed by atoms with Crippen LogP contribution in [0.15, 0.2) is 0 Å². The van der Waals surface area contributed by atoms with Crippen molar-refractivity contribution in [3.05, 3.63) is 0 Å². The van der Waals surface area contributed by atoms with Crippen LogP contribution in [-0.4, -0.2) is 28.7 Å². The zero-order valence-corrected chi connectivity index (χ0v) is 8.34. The minimum atomic E-state index is -2.42. The molecule has 0 atom stereocenters. The molecular weight excluding hydrogens is 159 g/mol. The standard InChI is InChI=1S/C5H12O4Si.Li/c1-8-10(3,9-2)4-5(6)7;/h4H2,1-3H3,(H,6,7);/q;+1/p-1. The maximum atomic E-state index is 10.1. The third-order valence-electron chi connectivity index (χ3n) is 1.33. The third-order valence-corrected chi connectivity index (χ3v) is 3.99. The molecule has 6 heteroatoms. The van der Waals surface area contributed by atoms with Gasteiger partial charge in [-0.05, 0) is 6.55 Å². The topological polar surface area (TPSA) is 58.6 Å². The van der Waals surface area contributed by atoms with Gasteiger partial charge in [0.05, 0.1) is 0 Å². The number of carboxylic acid groups (broad SMARTS) is 1. The molecule has 0 unspecified atom stereocenters. The molecule has 11 heavy (non-hydrogen) atoms. The molecule has 0 aromatic rings. The second-order valence-electron chi connectivity index (χ2n) is 2.09. The Morgan fingerprint density at radius 3 is 1.91 bits per heavy atom. The van der Waals surface area contributed by atoms with Crippen molar-refractivity contribution in [2.24, 2.45) is 0 Å². The number of carbonyl (C=O) groups is 1. The molecular formula is C5H11LiO4Si.